The minimum Gasteiger partial charge on any atom is -0.507 e. The molecule has 2 aliphatic heterocycles. The average molecular weight is 427 g/mol. The number of hydrogen-bond acceptors (Lipinski definition) is 5. The van der Waals surface area contributed by atoms with Crippen molar-refractivity contribution in [3.05, 3.63) is 95.1 Å². The first-order valence-electron chi connectivity index (χ1n) is 10.4. The van der Waals surface area contributed by atoms with E-state index in [1.807, 2.05) is 42.5 Å². The number of hydrogen-bond donors (Lipinski definition) is 1. The molecule has 3 aromatic carbocycles. The molecule has 1 atom stereocenters. The molecule has 1 N–H and O–H groups in total. The van der Waals surface area contributed by atoms with E-state index in [1.165, 1.54) is 4.90 Å². The van der Waals surface area contributed by atoms with E-state index in [0.29, 0.717) is 22.7 Å². The van der Waals surface area contributed by atoms with Crippen molar-refractivity contribution in [2.75, 3.05) is 11.7 Å². The number of fused-ring (bicyclic) bond motifs is 1. The Morgan fingerprint density at radius 1 is 0.969 bits per heavy atom. The monoisotopic (exact) mass is 427 g/mol. The minimum atomic E-state index is -0.756. The molecule has 32 heavy (non-hydrogen) atoms. The van der Waals surface area contributed by atoms with E-state index in [2.05, 4.69) is 6.92 Å². The highest BCUT2D eigenvalue weighted by atomic mass is 16.7. The van der Waals surface area contributed by atoms with Gasteiger partial charge in [-0.3, -0.25) is 14.5 Å². The Labute approximate surface area is 185 Å². The molecule has 1 fully saturated rings. The second-order valence-corrected chi connectivity index (χ2v) is 7.67. The van der Waals surface area contributed by atoms with E-state index in [1.54, 1.807) is 30.3 Å². The molecular formula is C26H21NO5. The minimum absolute atomic E-state index is 0.0435. The molecule has 3 aromatic rings. The van der Waals surface area contributed by atoms with Gasteiger partial charge in [-0.25, -0.2) is 0 Å². The third kappa shape index (κ3) is 3.21. The number of ether oxygens (including phenoxy) is 2. The van der Waals surface area contributed by atoms with Crippen LogP contribution in [0.25, 0.3) is 5.76 Å². The van der Waals surface area contributed by atoms with Gasteiger partial charge in [0.25, 0.3) is 11.7 Å². The summed E-state index contributed by atoms with van der Waals surface area (Å²) in [6.07, 6.45) is 0.871. The van der Waals surface area contributed by atoms with Crippen LogP contribution in [-0.2, 0) is 16.0 Å². The molecule has 1 unspecified atom stereocenters. The van der Waals surface area contributed by atoms with Crippen LogP contribution in [0.3, 0.4) is 0 Å². The van der Waals surface area contributed by atoms with E-state index >= 15 is 0 Å². The van der Waals surface area contributed by atoms with Crippen LogP contribution in [0.1, 0.15) is 29.7 Å². The fourth-order valence-corrected chi connectivity index (χ4v) is 4.14. The standard InChI is InChI=1S/C26H21NO5/c1-2-16-8-10-17(11-9-16)23-22(24(28)18-12-13-20-21(14-18)32-15-31-20)25(29)26(30)27(23)19-6-4-3-5-7-19/h3-14,23,28H,2,15H2,1H3/b24-22-. The van der Waals surface area contributed by atoms with Crippen LogP contribution < -0.4 is 14.4 Å². The summed E-state index contributed by atoms with van der Waals surface area (Å²) in [5.74, 6) is -0.602. The maximum Gasteiger partial charge on any atom is 0.300 e. The van der Waals surface area contributed by atoms with Crippen LogP contribution in [-0.4, -0.2) is 23.6 Å². The first-order valence-corrected chi connectivity index (χ1v) is 10.4. The Morgan fingerprint density at radius 2 is 1.69 bits per heavy atom. The number of para-hydroxylation sites is 1. The molecule has 2 heterocycles. The van der Waals surface area contributed by atoms with Gasteiger partial charge < -0.3 is 14.6 Å². The van der Waals surface area contributed by atoms with Gasteiger partial charge >= 0.3 is 0 Å². The number of aliphatic hydroxyl groups excluding tert-OH is 1. The fraction of sp³-hybridized carbons (Fsp3) is 0.154. The summed E-state index contributed by atoms with van der Waals surface area (Å²) in [4.78, 5) is 27.8. The van der Waals surface area contributed by atoms with Gasteiger partial charge in [0.1, 0.15) is 5.76 Å². The van der Waals surface area contributed by atoms with Gasteiger partial charge in [0, 0.05) is 11.3 Å². The highest BCUT2D eigenvalue weighted by Crippen LogP contribution is 2.43. The number of carbonyl (C=O) groups is 2. The summed E-state index contributed by atoms with van der Waals surface area (Å²) >= 11 is 0. The summed E-state index contributed by atoms with van der Waals surface area (Å²) in [5, 5.41) is 11.2. The Kier molecular flexibility index (Phi) is 4.90. The molecule has 0 bridgehead atoms. The van der Waals surface area contributed by atoms with Crippen LogP contribution in [0.4, 0.5) is 5.69 Å². The Hall–Kier alpha value is -4.06. The number of aliphatic hydroxyl groups is 1. The molecule has 6 heteroatoms. The zero-order valence-corrected chi connectivity index (χ0v) is 17.4. The van der Waals surface area contributed by atoms with E-state index in [9.17, 15) is 14.7 Å². The van der Waals surface area contributed by atoms with Crippen molar-refractivity contribution in [1.82, 2.24) is 0 Å². The molecule has 0 aromatic heterocycles. The van der Waals surface area contributed by atoms with Gasteiger partial charge in [0.2, 0.25) is 6.79 Å². The quantitative estimate of drug-likeness (QED) is 0.374. The zero-order valence-electron chi connectivity index (χ0n) is 17.4. The topological polar surface area (TPSA) is 76.1 Å². The van der Waals surface area contributed by atoms with Crippen molar-refractivity contribution >= 4 is 23.1 Å². The van der Waals surface area contributed by atoms with Gasteiger partial charge in [0.15, 0.2) is 11.5 Å². The molecule has 0 spiro atoms. The average Bonchev–Trinajstić information content (AvgIpc) is 3.41. The lowest BCUT2D eigenvalue weighted by Crippen LogP contribution is -2.29. The molecule has 0 saturated carbocycles. The van der Waals surface area contributed by atoms with E-state index in [0.717, 1.165) is 17.5 Å². The molecule has 0 radical (unpaired) electrons. The molecule has 5 rings (SSSR count). The lowest BCUT2D eigenvalue weighted by molar-refractivity contribution is -0.132. The third-order valence-electron chi connectivity index (χ3n) is 5.83. The van der Waals surface area contributed by atoms with Crippen molar-refractivity contribution in [3.63, 3.8) is 0 Å². The Bertz CT molecular complexity index is 1230. The number of rotatable bonds is 4. The molecule has 1 saturated heterocycles. The summed E-state index contributed by atoms with van der Waals surface area (Å²) < 4.78 is 10.7. The zero-order chi connectivity index (χ0) is 22.2. The highest BCUT2D eigenvalue weighted by Gasteiger charge is 2.47. The summed E-state index contributed by atoms with van der Waals surface area (Å²) in [7, 11) is 0. The van der Waals surface area contributed by atoms with Gasteiger partial charge in [-0.15, -0.1) is 0 Å². The number of Topliss-reactive ketones (excluding diaryl/α,β-unsaturated/α-hetero) is 1. The van der Waals surface area contributed by atoms with Crippen molar-refractivity contribution in [3.8, 4) is 11.5 Å². The normalized spacial score (nSPS) is 18.9. The Morgan fingerprint density at radius 3 is 2.41 bits per heavy atom. The number of anilines is 1. The SMILES string of the molecule is CCc1ccc(C2/C(=C(/O)c3ccc4c(c3)OCO4)C(=O)C(=O)N2c2ccccc2)cc1. The van der Waals surface area contributed by atoms with Crippen LogP contribution >= 0.6 is 0 Å². The van der Waals surface area contributed by atoms with Gasteiger partial charge in [0.05, 0.1) is 11.6 Å². The summed E-state index contributed by atoms with van der Waals surface area (Å²) in [5.41, 5.74) is 2.90. The maximum absolute atomic E-state index is 13.2. The van der Waals surface area contributed by atoms with Crippen LogP contribution in [0, 0.1) is 0 Å². The largest absolute Gasteiger partial charge is 0.507 e. The number of benzene rings is 3. The van der Waals surface area contributed by atoms with Gasteiger partial charge in [-0.2, -0.15) is 0 Å². The first kappa shape index (κ1) is 19.9. The molecule has 0 aliphatic carbocycles. The van der Waals surface area contributed by atoms with Gasteiger partial charge in [-0.05, 0) is 47.9 Å². The first-order chi connectivity index (χ1) is 15.6. The van der Waals surface area contributed by atoms with Crippen LogP contribution in [0.5, 0.6) is 11.5 Å². The summed E-state index contributed by atoms with van der Waals surface area (Å²) in [6, 6.07) is 21.0. The van der Waals surface area contributed by atoms with Crippen LogP contribution in [0.15, 0.2) is 78.4 Å². The number of aryl methyl sites for hydroxylation is 1. The van der Waals surface area contributed by atoms with Crippen molar-refractivity contribution in [1.29, 1.82) is 0 Å². The second kappa shape index (κ2) is 7.89. The molecular weight excluding hydrogens is 406 g/mol. The smallest absolute Gasteiger partial charge is 0.300 e. The molecule has 160 valence electrons. The van der Waals surface area contributed by atoms with Crippen molar-refractivity contribution in [2.24, 2.45) is 0 Å². The summed E-state index contributed by atoms with van der Waals surface area (Å²) in [6.45, 7) is 2.16. The van der Waals surface area contributed by atoms with Crippen molar-refractivity contribution < 1.29 is 24.2 Å². The predicted molar refractivity (Wildman–Crippen MR) is 120 cm³/mol. The van der Waals surface area contributed by atoms with E-state index in [-0.39, 0.29) is 18.1 Å². The van der Waals surface area contributed by atoms with E-state index < -0.39 is 17.7 Å². The molecule has 1 amide bonds. The van der Waals surface area contributed by atoms with E-state index in [4.69, 9.17) is 9.47 Å². The number of ketones is 1. The molecule has 2 aliphatic rings. The number of amides is 1. The third-order valence-corrected chi connectivity index (χ3v) is 5.83. The fourth-order valence-electron chi connectivity index (χ4n) is 4.14. The number of nitrogens with zero attached hydrogens (tertiary/aromatic N) is 1. The predicted octanol–water partition coefficient (Wildman–Crippen LogP) is 4.60. The second-order valence-electron chi connectivity index (χ2n) is 7.67. The Balaban J connectivity index is 1.69. The lowest BCUT2D eigenvalue weighted by atomic mass is 9.94. The maximum atomic E-state index is 13.2. The van der Waals surface area contributed by atoms with Crippen LogP contribution in [0.2, 0.25) is 0 Å². The van der Waals surface area contributed by atoms with Gasteiger partial charge in [-0.1, -0.05) is 49.4 Å². The lowest BCUT2D eigenvalue weighted by Gasteiger charge is -2.25. The number of carbonyl (C=O) groups excluding carboxylic acids is 2. The van der Waals surface area contributed by atoms with Crippen molar-refractivity contribution in [2.45, 2.75) is 19.4 Å². The highest BCUT2D eigenvalue weighted by molar-refractivity contribution is 6.51. The molecule has 6 nitrogen and oxygen atoms in total.